The van der Waals surface area contributed by atoms with Gasteiger partial charge in [0.25, 0.3) is 0 Å². The quantitative estimate of drug-likeness (QED) is 0.897. The first-order valence-corrected chi connectivity index (χ1v) is 7.93. The van der Waals surface area contributed by atoms with Crippen LogP contribution in [0.2, 0.25) is 0 Å². The van der Waals surface area contributed by atoms with Gasteiger partial charge in [-0.25, -0.2) is 9.97 Å². The molecule has 1 aromatic heterocycles. The van der Waals surface area contributed by atoms with Crippen molar-refractivity contribution in [2.75, 3.05) is 0 Å². The van der Waals surface area contributed by atoms with Crippen LogP contribution < -0.4 is 10.1 Å². The zero-order chi connectivity index (χ0) is 13.9. The Balaban J connectivity index is 1.55. The Morgan fingerprint density at radius 1 is 1.20 bits per heavy atom. The Morgan fingerprint density at radius 3 is 2.60 bits per heavy atom. The molecule has 0 aromatic carbocycles. The van der Waals surface area contributed by atoms with Gasteiger partial charge in [0.2, 0.25) is 0 Å². The van der Waals surface area contributed by atoms with Crippen molar-refractivity contribution >= 4 is 0 Å². The van der Waals surface area contributed by atoms with Crippen molar-refractivity contribution in [3.8, 4) is 6.01 Å². The minimum atomic E-state index is 0.307. The molecule has 2 aliphatic carbocycles. The fourth-order valence-electron chi connectivity index (χ4n) is 2.74. The van der Waals surface area contributed by atoms with Crippen LogP contribution >= 0.6 is 0 Å². The summed E-state index contributed by atoms with van der Waals surface area (Å²) in [5.74, 6) is 0.841. The molecule has 1 N–H and O–H groups in total. The zero-order valence-electron chi connectivity index (χ0n) is 12.6. The highest BCUT2D eigenvalue weighted by Gasteiger charge is 2.22. The van der Waals surface area contributed by atoms with Crippen molar-refractivity contribution in [2.45, 2.75) is 71.1 Å². The van der Waals surface area contributed by atoms with Crippen molar-refractivity contribution in [3.05, 3.63) is 17.5 Å². The van der Waals surface area contributed by atoms with Crippen molar-refractivity contribution in [1.82, 2.24) is 15.3 Å². The number of rotatable bonds is 5. The highest BCUT2D eigenvalue weighted by Crippen LogP contribution is 2.26. The second-order valence-electron chi connectivity index (χ2n) is 6.42. The van der Waals surface area contributed by atoms with Crippen LogP contribution in [-0.2, 0) is 6.54 Å². The highest BCUT2D eigenvalue weighted by molar-refractivity contribution is 5.18. The van der Waals surface area contributed by atoms with Gasteiger partial charge in [0.15, 0.2) is 0 Å². The van der Waals surface area contributed by atoms with Gasteiger partial charge >= 0.3 is 6.01 Å². The Kier molecular flexibility index (Phi) is 4.20. The number of hydrogen-bond donors (Lipinski definition) is 1. The molecule has 2 saturated carbocycles. The van der Waals surface area contributed by atoms with E-state index in [4.69, 9.17) is 4.74 Å². The lowest BCUT2D eigenvalue weighted by molar-refractivity contribution is 0.124. The van der Waals surface area contributed by atoms with Gasteiger partial charge in [-0.2, -0.15) is 0 Å². The van der Waals surface area contributed by atoms with Crippen LogP contribution in [0, 0.1) is 12.8 Å². The smallest absolute Gasteiger partial charge is 0.316 e. The van der Waals surface area contributed by atoms with E-state index in [9.17, 15) is 0 Å². The standard InChI is InChI=1S/C16H25N3O/c1-11-3-7-15(8-4-11)20-16-18-10-13(12(2)19-16)9-17-14-5-6-14/h10-11,14-15,17H,3-9H2,1-2H3. The highest BCUT2D eigenvalue weighted by atomic mass is 16.5. The van der Waals surface area contributed by atoms with Gasteiger partial charge in [0.05, 0.1) is 0 Å². The molecule has 1 aromatic rings. The first kappa shape index (κ1) is 13.8. The molecule has 20 heavy (non-hydrogen) atoms. The largest absolute Gasteiger partial charge is 0.460 e. The van der Waals surface area contributed by atoms with E-state index in [1.165, 1.54) is 31.2 Å². The van der Waals surface area contributed by atoms with E-state index in [0.717, 1.165) is 37.0 Å². The van der Waals surface area contributed by atoms with E-state index in [2.05, 4.69) is 22.2 Å². The van der Waals surface area contributed by atoms with Gasteiger partial charge < -0.3 is 10.1 Å². The SMILES string of the molecule is Cc1nc(OC2CCC(C)CC2)ncc1CNC1CC1. The maximum Gasteiger partial charge on any atom is 0.316 e. The molecule has 2 fully saturated rings. The summed E-state index contributed by atoms with van der Waals surface area (Å²) in [6.07, 6.45) is 9.62. The van der Waals surface area contributed by atoms with E-state index in [1.807, 2.05) is 13.1 Å². The van der Waals surface area contributed by atoms with Crippen LogP contribution in [0.5, 0.6) is 6.01 Å². The van der Waals surface area contributed by atoms with Gasteiger partial charge in [0.1, 0.15) is 6.10 Å². The summed E-state index contributed by atoms with van der Waals surface area (Å²) in [6, 6.07) is 1.27. The Labute approximate surface area is 121 Å². The Morgan fingerprint density at radius 2 is 1.95 bits per heavy atom. The van der Waals surface area contributed by atoms with Crippen LogP contribution in [0.25, 0.3) is 0 Å². The minimum Gasteiger partial charge on any atom is -0.460 e. The summed E-state index contributed by atoms with van der Waals surface area (Å²) in [5.41, 5.74) is 2.22. The van der Waals surface area contributed by atoms with Crippen LogP contribution in [0.4, 0.5) is 0 Å². The molecule has 0 aliphatic heterocycles. The number of nitrogens with zero attached hydrogens (tertiary/aromatic N) is 2. The van der Waals surface area contributed by atoms with Crippen molar-refractivity contribution in [2.24, 2.45) is 5.92 Å². The zero-order valence-corrected chi connectivity index (χ0v) is 12.6. The van der Waals surface area contributed by atoms with Gasteiger partial charge in [-0.1, -0.05) is 6.92 Å². The maximum atomic E-state index is 5.93. The van der Waals surface area contributed by atoms with Crippen LogP contribution in [0.15, 0.2) is 6.20 Å². The van der Waals surface area contributed by atoms with Crippen LogP contribution in [0.1, 0.15) is 56.7 Å². The van der Waals surface area contributed by atoms with Crippen LogP contribution in [-0.4, -0.2) is 22.1 Å². The molecule has 4 heteroatoms. The van der Waals surface area contributed by atoms with Crippen LogP contribution in [0.3, 0.4) is 0 Å². The third kappa shape index (κ3) is 3.69. The molecule has 4 nitrogen and oxygen atoms in total. The Bertz CT molecular complexity index is 451. The summed E-state index contributed by atoms with van der Waals surface area (Å²) >= 11 is 0. The monoisotopic (exact) mass is 275 g/mol. The fraction of sp³-hybridized carbons (Fsp3) is 0.750. The normalized spacial score (nSPS) is 26.5. The lowest BCUT2D eigenvalue weighted by Crippen LogP contribution is -2.24. The minimum absolute atomic E-state index is 0.307. The second kappa shape index (κ2) is 6.08. The Hall–Kier alpha value is -1.16. The third-order valence-corrected chi connectivity index (χ3v) is 4.45. The lowest BCUT2D eigenvalue weighted by Gasteiger charge is -2.26. The molecule has 0 spiro atoms. The summed E-state index contributed by atoms with van der Waals surface area (Å²) in [7, 11) is 0. The maximum absolute atomic E-state index is 5.93. The fourth-order valence-corrected chi connectivity index (χ4v) is 2.74. The van der Waals surface area contributed by atoms with E-state index in [0.29, 0.717) is 12.1 Å². The molecular weight excluding hydrogens is 250 g/mol. The summed E-state index contributed by atoms with van der Waals surface area (Å²) in [6.45, 7) is 5.23. The summed E-state index contributed by atoms with van der Waals surface area (Å²) in [5, 5.41) is 3.50. The number of ether oxygens (including phenoxy) is 1. The molecule has 0 atom stereocenters. The second-order valence-corrected chi connectivity index (χ2v) is 6.42. The summed E-state index contributed by atoms with van der Waals surface area (Å²) in [4.78, 5) is 8.89. The van der Waals surface area contributed by atoms with Crippen molar-refractivity contribution < 1.29 is 4.74 Å². The van der Waals surface area contributed by atoms with E-state index in [1.54, 1.807) is 0 Å². The predicted molar refractivity (Wildman–Crippen MR) is 78.7 cm³/mol. The first-order chi connectivity index (χ1) is 9.70. The average molecular weight is 275 g/mol. The molecule has 0 bridgehead atoms. The lowest BCUT2D eigenvalue weighted by atomic mass is 9.89. The first-order valence-electron chi connectivity index (χ1n) is 7.93. The molecule has 0 unspecified atom stereocenters. The summed E-state index contributed by atoms with van der Waals surface area (Å²) < 4.78 is 5.93. The average Bonchev–Trinajstić information content (AvgIpc) is 3.25. The molecule has 0 radical (unpaired) electrons. The van der Waals surface area contributed by atoms with Gasteiger partial charge in [-0.15, -0.1) is 0 Å². The number of hydrogen-bond acceptors (Lipinski definition) is 4. The molecule has 0 amide bonds. The molecule has 0 saturated heterocycles. The van der Waals surface area contributed by atoms with Gasteiger partial charge in [-0.05, 0) is 51.4 Å². The van der Waals surface area contributed by atoms with Gasteiger partial charge in [-0.3, -0.25) is 0 Å². The number of aryl methyl sites for hydroxylation is 1. The van der Waals surface area contributed by atoms with Crippen molar-refractivity contribution in [1.29, 1.82) is 0 Å². The van der Waals surface area contributed by atoms with Crippen molar-refractivity contribution in [3.63, 3.8) is 0 Å². The van der Waals surface area contributed by atoms with E-state index < -0.39 is 0 Å². The molecule has 3 rings (SSSR count). The number of nitrogens with one attached hydrogen (secondary N) is 1. The predicted octanol–water partition coefficient (Wildman–Crippen LogP) is 2.99. The molecule has 1 heterocycles. The van der Waals surface area contributed by atoms with E-state index >= 15 is 0 Å². The third-order valence-electron chi connectivity index (χ3n) is 4.45. The molecule has 2 aliphatic rings. The van der Waals surface area contributed by atoms with E-state index in [-0.39, 0.29) is 0 Å². The molecule has 110 valence electrons. The van der Waals surface area contributed by atoms with Gasteiger partial charge in [0, 0.05) is 30.0 Å². The topological polar surface area (TPSA) is 47.0 Å². The number of aromatic nitrogens is 2. The molecular formula is C16H25N3O.